The van der Waals surface area contributed by atoms with E-state index in [9.17, 15) is 4.79 Å². The summed E-state index contributed by atoms with van der Waals surface area (Å²) in [6.07, 6.45) is 0. The standard InChI is InChI=1S/C8H6Cl2NOS/c9-5-2-1-4(3-6(5)10)7(13)8(11)12/h1-3,7,11,13H. The van der Waals surface area contributed by atoms with Gasteiger partial charge in [-0.15, -0.1) is 0 Å². The van der Waals surface area contributed by atoms with E-state index in [-0.39, 0.29) is 0 Å². The van der Waals surface area contributed by atoms with E-state index in [4.69, 9.17) is 28.9 Å². The molecule has 0 saturated carbocycles. The number of halogens is 2. The zero-order valence-electron chi connectivity index (χ0n) is 6.42. The van der Waals surface area contributed by atoms with Crippen molar-refractivity contribution in [3.05, 3.63) is 33.8 Å². The average molecular weight is 235 g/mol. The van der Waals surface area contributed by atoms with E-state index in [1.165, 1.54) is 6.07 Å². The maximum absolute atomic E-state index is 10.7. The van der Waals surface area contributed by atoms with E-state index >= 15 is 0 Å². The van der Waals surface area contributed by atoms with E-state index in [1.807, 2.05) is 0 Å². The van der Waals surface area contributed by atoms with Crippen LogP contribution in [0.25, 0.3) is 0 Å². The highest BCUT2D eigenvalue weighted by atomic mass is 35.5. The number of benzene rings is 1. The third-order valence-corrected chi connectivity index (χ3v) is 2.78. The van der Waals surface area contributed by atoms with Gasteiger partial charge in [0, 0.05) is 0 Å². The normalized spacial score (nSPS) is 12.5. The summed E-state index contributed by atoms with van der Waals surface area (Å²) in [5.41, 5.74) is 7.44. The van der Waals surface area contributed by atoms with E-state index in [1.54, 1.807) is 12.1 Å². The van der Waals surface area contributed by atoms with Crippen LogP contribution in [0, 0.1) is 0 Å². The number of carbonyl (C=O) groups is 1. The second-order valence-corrected chi connectivity index (χ2v) is 3.77. The fraction of sp³-hybridized carbons (Fsp3) is 0.125. The molecule has 0 aliphatic heterocycles. The molecule has 69 valence electrons. The number of amides is 1. The summed E-state index contributed by atoms with van der Waals surface area (Å²) in [5.74, 6) is -0.762. The van der Waals surface area contributed by atoms with Crippen LogP contribution in [0.5, 0.6) is 0 Å². The first-order valence-corrected chi connectivity index (χ1v) is 4.68. The molecule has 1 amide bonds. The first kappa shape index (κ1) is 10.7. The van der Waals surface area contributed by atoms with Crippen molar-refractivity contribution < 1.29 is 4.79 Å². The Hall–Kier alpha value is -0.380. The summed E-state index contributed by atoms with van der Waals surface area (Å²) in [6, 6.07) is 4.73. The van der Waals surface area contributed by atoms with Crippen molar-refractivity contribution in [3.63, 3.8) is 0 Å². The predicted molar refractivity (Wildman–Crippen MR) is 56.3 cm³/mol. The Labute approximate surface area is 91.4 Å². The lowest BCUT2D eigenvalue weighted by Gasteiger charge is -2.06. The van der Waals surface area contributed by atoms with Gasteiger partial charge in [0.2, 0.25) is 0 Å². The molecule has 1 atom stereocenters. The molecule has 1 radical (unpaired) electrons. The van der Waals surface area contributed by atoms with Crippen molar-refractivity contribution in [2.24, 2.45) is 0 Å². The second kappa shape index (κ2) is 4.22. The Morgan fingerprint density at radius 3 is 2.46 bits per heavy atom. The smallest absolute Gasteiger partial charge is 0.255 e. The molecule has 0 aliphatic rings. The van der Waals surface area contributed by atoms with E-state index in [2.05, 4.69) is 12.6 Å². The van der Waals surface area contributed by atoms with Crippen molar-refractivity contribution in [1.82, 2.24) is 5.73 Å². The molecule has 0 spiro atoms. The van der Waals surface area contributed by atoms with Gasteiger partial charge < -0.3 is 0 Å². The SMILES string of the molecule is [NH]C(=O)C(S)c1ccc(Cl)c(Cl)c1. The van der Waals surface area contributed by atoms with Crippen LogP contribution in [-0.4, -0.2) is 5.91 Å². The van der Waals surface area contributed by atoms with Crippen molar-refractivity contribution in [3.8, 4) is 0 Å². The minimum Gasteiger partial charge on any atom is -0.272 e. The Bertz CT molecular complexity index is 343. The molecule has 1 aromatic rings. The molecule has 1 unspecified atom stereocenters. The van der Waals surface area contributed by atoms with Crippen LogP contribution in [0.3, 0.4) is 0 Å². The van der Waals surface area contributed by atoms with E-state index in [0.717, 1.165) is 0 Å². The molecule has 0 saturated heterocycles. The zero-order chi connectivity index (χ0) is 10.0. The molecule has 0 aromatic heterocycles. The summed E-state index contributed by atoms with van der Waals surface area (Å²) in [7, 11) is 0. The molecule has 5 heteroatoms. The quantitative estimate of drug-likeness (QED) is 0.786. The summed E-state index contributed by atoms with van der Waals surface area (Å²) in [6.45, 7) is 0. The van der Waals surface area contributed by atoms with Gasteiger partial charge in [-0.3, -0.25) is 10.5 Å². The van der Waals surface area contributed by atoms with Crippen LogP contribution < -0.4 is 5.73 Å². The van der Waals surface area contributed by atoms with Crippen LogP contribution in [0.4, 0.5) is 0 Å². The number of hydrogen-bond acceptors (Lipinski definition) is 2. The second-order valence-electron chi connectivity index (χ2n) is 2.44. The first-order chi connectivity index (χ1) is 6.02. The van der Waals surface area contributed by atoms with E-state index in [0.29, 0.717) is 15.6 Å². The lowest BCUT2D eigenvalue weighted by molar-refractivity contribution is -0.118. The lowest BCUT2D eigenvalue weighted by atomic mass is 10.1. The van der Waals surface area contributed by atoms with Gasteiger partial charge in [-0.05, 0) is 17.7 Å². The summed E-state index contributed by atoms with van der Waals surface area (Å²) >= 11 is 15.4. The fourth-order valence-corrected chi connectivity index (χ4v) is 1.30. The van der Waals surface area contributed by atoms with Gasteiger partial charge >= 0.3 is 0 Å². The maximum Gasteiger partial charge on any atom is 0.255 e. The van der Waals surface area contributed by atoms with Gasteiger partial charge in [-0.1, -0.05) is 29.3 Å². The van der Waals surface area contributed by atoms with Crippen molar-refractivity contribution in [2.45, 2.75) is 5.25 Å². The van der Waals surface area contributed by atoms with Crippen molar-refractivity contribution in [2.75, 3.05) is 0 Å². The van der Waals surface area contributed by atoms with Gasteiger partial charge in [-0.25, -0.2) is 0 Å². The van der Waals surface area contributed by atoms with Crippen LogP contribution in [0.2, 0.25) is 10.0 Å². The molecule has 1 rings (SSSR count). The van der Waals surface area contributed by atoms with Crippen LogP contribution in [0.1, 0.15) is 10.8 Å². The highest BCUT2D eigenvalue weighted by Crippen LogP contribution is 2.28. The number of nitrogens with one attached hydrogen (secondary N) is 1. The third kappa shape index (κ3) is 2.53. The minimum absolute atomic E-state index is 0.361. The minimum atomic E-state index is -0.762. The average Bonchev–Trinajstić information content (AvgIpc) is 2.08. The van der Waals surface area contributed by atoms with Crippen molar-refractivity contribution in [1.29, 1.82) is 0 Å². The Kier molecular flexibility index (Phi) is 3.47. The zero-order valence-corrected chi connectivity index (χ0v) is 8.83. The predicted octanol–water partition coefficient (Wildman–Crippen LogP) is 2.77. The third-order valence-electron chi connectivity index (χ3n) is 1.51. The monoisotopic (exact) mass is 234 g/mol. The Morgan fingerprint density at radius 2 is 2.00 bits per heavy atom. The van der Waals surface area contributed by atoms with Crippen LogP contribution in [0.15, 0.2) is 18.2 Å². The highest BCUT2D eigenvalue weighted by molar-refractivity contribution is 7.81. The summed E-state index contributed by atoms with van der Waals surface area (Å²) in [4.78, 5) is 10.7. The topological polar surface area (TPSA) is 40.9 Å². The molecular formula is C8H6Cl2NOS. The fourth-order valence-electron chi connectivity index (χ4n) is 0.834. The maximum atomic E-state index is 10.7. The molecule has 0 fully saturated rings. The molecule has 13 heavy (non-hydrogen) atoms. The largest absolute Gasteiger partial charge is 0.272 e. The number of rotatable bonds is 2. The number of thiol groups is 1. The van der Waals surface area contributed by atoms with Gasteiger partial charge in [0.05, 0.1) is 10.0 Å². The molecule has 2 nitrogen and oxygen atoms in total. The molecule has 0 aliphatic carbocycles. The molecular weight excluding hydrogens is 229 g/mol. The summed E-state index contributed by atoms with van der Waals surface area (Å²) < 4.78 is 0. The van der Waals surface area contributed by atoms with Gasteiger partial charge in [0.1, 0.15) is 5.25 Å². The Morgan fingerprint density at radius 1 is 1.38 bits per heavy atom. The molecule has 1 N–H and O–H groups in total. The van der Waals surface area contributed by atoms with Gasteiger partial charge in [0.25, 0.3) is 5.91 Å². The number of carbonyl (C=O) groups excluding carboxylic acids is 1. The first-order valence-electron chi connectivity index (χ1n) is 3.41. The highest BCUT2D eigenvalue weighted by Gasteiger charge is 2.14. The lowest BCUT2D eigenvalue weighted by Crippen LogP contribution is -2.06. The number of hydrogen-bond donors (Lipinski definition) is 1. The molecule has 0 heterocycles. The summed E-state index contributed by atoms with van der Waals surface area (Å²) in [5, 5.41) is 0.0256. The van der Waals surface area contributed by atoms with Crippen LogP contribution in [-0.2, 0) is 4.79 Å². The van der Waals surface area contributed by atoms with Crippen molar-refractivity contribution >= 4 is 41.7 Å². The Balaban J connectivity index is 3.03. The van der Waals surface area contributed by atoms with E-state index < -0.39 is 11.2 Å². The molecule has 0 bridgehead atoms. The van der Waals surface area contributed by atoms with Gasteiger partial charge in [-0.2, -0.15) is 12.6 Å². The molecule has 1 aromatic carbocycles. The van der Waals surface area contributed by atoms with Crippen LogP contribution >= 0.6 is 35.8 Å². The van der Waals surface area contributed by atoms with Gasteiger partial charge in [0.15, 0.2) is 0 Å².